The third-order valence-electron chi connectivity index (χ3n) is 6.71. The van der Waals surface area contributed by atoms with E-state index in [0.717, 1.165) is 41.8 Å². The number of rotatable bonds is 11. The number of nitrogens with zero attached hydrogens (tertiary/aromatic N) is 2. The summed E-state index contributed by atoms with van der Waals surface area (Å²) < 4.78 is 31.6. The smallest absolute Gasteiger partial charge is 0.244 e. The van der Waals surface area contributed by atoms with E-state index >= 15 is 0 Å². The van der Waals surface area contributed by atoms with E-state index in [0.29, 0.717) is 12.2 Å². The Labute approximate surface area is 225 Å². The van der Waals surface area contributed by atoms with Crippen LogP contribution in [0.15, 0.2) is 48.5 Å². The molecule has 3 rings (SSSR count). The number of amides is 2. The first-order chi connectivity index (χ1) is 17.6. The van der Waals surface area contributed by atoms with Crippen LogP contribution in [-0.2, 0) is 26.0 Å². The van der Waals surface area contributed by atoms with Gasteiger partial charge in [0.2, 0.25) is 21.8 Å². The maximum absolute atomic E-state index is 13.6. The molecule has 0 saturated heterocycles. The van der Waals surface area contributed by atoms with E-state index in [1.54, 1.807) is 13.0 Å². The molecule has 2 aromatic carbocycles. The third-order valence-corrected chi connectivity index (χ3v) is 8.14. The predicted octanol–water partition coefficient (Wildman–Crippen LogP) is 4.02. The van der Waals surface area contributed by atoms with Gasteiger partial charge in [-0.1, -0.05) is 61.2 Å². The number of anilines is 1. The highest BCUT2D eigenvalue weighted by Crippen LogP contribution is 2.30. The average molecular weight is 550 g/mol. The van der Waals surface area contributed by atoms with Gasteiger partial charge in [-0.3, -0.25) is 13.9 Å². The average Bonchev–Trinajstić information content (AvgIpc) is 2.87. The Morgan fingerprint density at radius 3 is 2.38 bits per heavy atom. The number of carbonyl (C=O) groups is 2. The fraction of sp³-hybridized carbons (Fsp3) is 0.481. The molecule has 0 radical (unpaired) electrons. The van der Waals surface area contributed by atoms with Crippen LogP contribution in [0.2, 0.25) is 5.02 Å². The number of halogens is 1. The molecule has 1 fully saturated rings. The Kier molecular flexibility index (Phi) is 10.2. The number of benzene rings is 2. The minimum Gasteiger partial charge on any atom is -0.495 e. The van der Waals surface area contributed by atoms with Gasteiger partial charge in [0.05, 0.1) is 24.1 Å². The highest BCUT2D eigenvalue weighted by molar-refractivity contribution is 7.92. The molecule has 1 aliphatic rings. The molecule has 0 spiro atoms. The van der Waals surface area contributed by atoms with Gasteiger partial charge in [0, 0.05) is 12.6 Å². The second-order valence-corrected chi connectivity index (χ2v) is 11.7. The standard InChI is InChI=1S/C27H36ClN3O5S/c1-20(27(33)29-22-12-8-5-9-13-22)30(17-16-21-10-6-4-7-11-21)26(32)19-31(37(3,34)35)23-14-15-25(36-2)24(28)18-23/h4,6-7,10-11,14-15,18,20,22H,5,8-9,12-13,16-17,19H2,1-3H3,(H,29,33)/t20-/m0/s1. The quantitative estimate of drug-likeness (QED) is 0.456. The molecule has 0 heterocycles. The predicted molar refractivity (Wildman–Crippen MR) is 147 cm³/mol. The zero-order valence-corrected chi connectivity index (χ0v) is 23.2. The van der Waals surface area contributed by atoms with Crippen molar-refractivity contribution < 1.29 is 22.7 Å². The van der Waals surface area contributed by atoms with Crippen molar-refractivity contribution in [1.29, 1.82) is 0 Å². The van der Waals surface area contributed by atoms with Crippen LogP contribution in [0.1, 0.15) is 44.6 Å². The number of hydrogen-bond donors (Lipinski definition) is 1. The van der Waals surface area contributed by atoms with Crippen LogP contribution in [-0.4, -0.2) is 63.7 Å². The summed E-state index contributed by atoms with van der Waals surface area (Å²) in [7, 11) is -2.37. The Morgan fingerprint density at radius 1 is 1.11 bits per heavy atom. The number of methoxy groups -OCH3 is 1. The van der Waals surface area contributed by atoms with E-state index < -0.39 is 28.5 Å². The normalized spacial score (nSPS) is 15.0. The second-order valence-electron chi connectivity index (χ2n) is 9.43. The first kappa shape index (κ1) is 28.8. The lowest BCUT2D eigenvalue weighted by Crippen LogP contribution is -2.53. The van der Waals surface area contributed by atoms with Gasteiger partial charge in [-0.05, 0) is 49.9 Å². The zero-order valence-electron chi connectivity index (χ0n) is 21.7. The van der Waals surface area contributed by atoms with Gasteiger partial charge in [-0.2, -0.15) is 0 Å². The number of nitrogens with one attached hydrogen (secondary N) is 1. The summed E-state index contributed by atoms with van der Waals surface area (Å²) >= 11 is 6.23. The van der Waals surface area contributed by atoms with E-state index in [4.69, 9.17) is 16.3 Å². The van der Waals surface area contributed by atoms with Crippen LogP contribution in [0.25, 0.3) is 0 Å². The van der Waals surface area contributed by atoms with E-state index in [2.05, 4.69) is 5.32 Å². The first-order valence-electron chi connectivity index (χ1n) is 12.5. The molecule has 2 amide bonds. The van der Waals surface area contributed by atoms with Gasteiger partial charge in [0.15, 0.2) is 0 Å². The van der Waals surface area contributed by atoms with Crippen molar-refractivity contribution in [2.24, 2.45) is 0 Å². The summed E-state index contributed by atoms with van der Waals surface area (Å²) in [5.74, 6) is -0.311. The fourth-order valence-corrected chi connectivity index (χ4v) is 5.66. The zero-order chi connectivity index (χ0) is 27.0. The van der Waals surface area contributed by atoms with Crippen molar-refractivity contribution in [2.45, 2.75) is 57.5 Å². The number of sulfonamides is 1. The van der Waals surface area contributed by atoms with Crippen LogP contribution >= 0.6 is 11.6 Å². The van der Waals surface area contributed by atoms with Crippen molar-refractivity contribution in [3.63, 3.8) is 0 Å². The van der Waals surface area contributed by atoms with Gasteiger partial charge in [0.25, 0.3) is 0 Å². The molecule has 1 saturated carbocycles. The summed E-state index contributed by atoms with van der Waals surface area (Å²) in [6.45, 7) is 1.50. The lowest BCUT2D eigenvalue weighted by molar-refractivity contribution is -0.139. The summed E-state index contributed by atoms with van der Waals surface area (Å²) in [6.07, 6.45) is 6.73. The molecule has 1 aliphatic carbocycles. The molecule has 2 aromatic rings. The molecule has 202 valence electrons. The molecule has 0 aromatic heterocycles. The number of hydrogen-bond acceptors (Lipinski definition) is 5. The van der Waals surface area contributed by atoms with Crippen LogP contribution in [0, 0.1) is 0 Å². The van der Waals surface area contributed by atoms with Crippen LogP contribution in [0.5, 0.6) is 5.75 Å². The molecule has 8 nitrogen and oxygen atoms in total. The SMILES string of the molecule is COc1ccc(N(CC(=O)N(CCc2ccccc2)[C@@H](C)C(=O)NC2CCCCC2)S(C)(=O)=O)cc1Cl. The Balaban J connectivity index is 1.83. The van der Waals surface area contributed by atoms with E-state index in [9.17, 15) is 18.0 Å². The third kappa shape index (κ3) is 8.10. The topological polar surface area (TPSA) is 96.0 Å². The van der Waals surface area contributed by atoms with Gasteiger partial charge in [0.1, 0.15) is 18.3 Å². The van der Waals surface area contributed by atoms with Crippen LogP contribution in [0.3, 0.4) is 0 Å². The lowest BCUT2D eigenvalue weighted by atomic mass is 9.95. The summed E-state index contributed by atoms with van der Waals surface area (Å²) in [6, 6.07) is 13.5. The highest BCUT2D eigenvalue weighted by Gasteiger charge is 2.31. The van der Waals surface area contributed by atoms with Gasteiger partial charge < -0.3 is 15.0 Å². The molecular formula is C27H36ClN3O5S. The van der Waals surface area contributed by atoms with Gasteiger partial charge >= 0.3 is 0 Å². The van der Waals surface area contributed by atoms with Gasteiger partial charge in [-0.15, -0.1) is 0 Å². The van der Waals surface area contributed by atoms with Gasteiger partial charge in [-0.25, -0.2) is 8.42 Å². The molecule has 0 aliphatic heterocycles. The van der Waals surface area contributed by atoms with E-state index in [1.807, 2.05) is 30.3 Å². The lowest BCUT2D eigenvalue weighted by Gasteiger charge is -2.33. The van der Waals surface area contributed by atoms with Crippen molar-refractivity contribution >= 4 is 39.1 Å². The first-order valence-corrected chi connectivity index (χ1v) is 14.8. The molecule has 0 unspecified atom stereocenters. The van der Waals surface area contributed by atoms with Crippen molar-refractivity contribution in [1.82, 2.24) is 10.2 Å². The molecule has 1 atom stereocenters. The molecule has 37 heavy (non-hydrogen) atoms. The molecule has 1 N–H and O–H groups in total. The van der Waals surface area contributed by atoms with Crippen molar-refractivity contribution in [3.8, 4) is 5.75 Å². The largest absolute Gasteiger partial charge is 0.495 e. The Morgan fingerprint density at radius 2 is 1.78 bits per heavy atom. The Bertz CT molecular complexity index is 1170. The molecule has 0 bridgehead atoms. The maximum atomic E-state index is 13.6. The summed E-state index contributed by atoms with van der Waals surface area (Å²) in [5.41, 5.74) is 1.26. The van der Waals surface area contributed by atoms with E-state index in [1.165, 1.54) is 30.6 Å². The van der Waals surface area contributed by atoms with E-state index in [-0.39, 0.29) is 29.2 Å². The fourth-order valence-electron chi connectivity index (χ4n) is 4.56. The number of carbonyl (C=O) groups excluding carboxylic acids is 2. The second kappa shape index (κ2) is 13.1. The molecular weight excluding hydrogens is 514 g/mol. The minimum absolute atomic E-state index is 0.101. The number of ether oxygens (including phenoxy) is 1. The van der Waals surface area contributed by atoms with Crippen molar-refractivity contribution in [3.05, 3.63) is 59.1 Å². The monoisotopic (exact) mass is 549 g/mol. The highest BCUT2D eigenvalue weighted by atomic mass is 35.5. The van der Waals surface area contributed by atoms with Crippen molar-refractivity contribution in [2.75, 3.05) is 30.8 Å². The maximum Gasteiger partial charge on any atom is 0.244 e. The Hall–Kier alpha value is -2.78. The van der Waals surface area contributed by atoms with Crippen LogP contribution < -0.4 is 14.4 Å². The summed E-state index contributed by atoms with van der Waals surface area (Å²) in [5, 5.41) is 3.32. The molecule has 10 heteroatoms. The van der Waals surface area contributed by atoms with Crippen LogP contribution in [0.4, 0.5) is 5.69 Å². The summed E-state index contributed by atoms with van der Waals surface area (Å²) in [4.78, 5) is 28.3. The minimum atomic E-state index is -3.83.